The van der Waals surface area contributed by atoms with E-state index in [0.717, 1.165) is 5.56 Å². The SMILES string of the molecule is Cc1c(N=C2S/C(=C\c3ccc(OCC(=O)Nc4ccccc4)c(Br)c3)C(=O)N2C)cccc1C(=O)O. The molecular formula is C27H22BrN3O5S. The van der Waals surface area contributed by atoms with Crippen molar-refractivity contribution in [3.8, 4) is 5.75 Å². The summed E-state index contributed by atoms with van der Waals surface area (Å²) in [5, 5.41) is 12.6. The third kappa shape index (κ3) is 6.28. The summed E-state index contributed by atoms with van der Waals surface area (Å²) in [5.41, 5.74) is 2.62. The monoisotopic (exact) mass is 579 g/mol. The number of carbonyl (C=O) groups excluding carboxylic acids is 2. The van der Waals surface area contributed by atoms with E-state index in [1.54, 1.807) is 62.5 Å². The Kier molecular flexibility index (Phi) is 8.10. The van der Waals surface area contributed by atoms with Crippen molar-refractivity contribution in [2.24, 2.45) is 4.99 Å². The van der Waals surface area contributed by atoms with Crippen LogP contribution in [0.15, 0.2) is 81.1 Å². The predicted octanol–water partition coefficient (Wildman–Crippen LogP) is 5.71. The minimum atomic E-state index is -1.03. The first-order valence-electron chi connectivity index (χ1n) is 11.1. The Bertz CT molecular complexity index is 1440. The zero-order valence-corrected chi connectivity index (χ0v) is 22.3. The number of benzene rings is 3. The number of aromatic carboxylic acids is 1. The maximum Gasteiger partial charge on any atom is 0.336 e. The van der Waals surface area contributed by atoms with Gasteiger partial charge in [-0.1, -0.05) is 30.3 Å². The second-order valence-corrected chi connectivity index (χ2v) is 9.88. The molecule has 0 atom stereocenters. The van der Waals surface area contributed by atoms with Crippen LogP contribution in [0, 0.1) is 6.92 Å². The number of hydrogen-bond acceptors (Lipinski definition) is 6. The summed E-state index contributed by atoms with van der Waals surface area (Å²) < 4.78 is 6.27. The second kappa shape index (κ2) is 11.4. The van der Waals surface area contributed by atoms with Crippen LogP contribution in [-0.2, 0) is 9.59 Å². The van der Waals surface area contributed by atoms with Crippen molar-refractivity contribution in [1.29, 1.82) is 0 Å². The number of thioether (sulfide) groups is 1. The number of aliphatic imine (C=N–C) groups is 1. The van der Waals surface area contributed by atoms with E-state index in [1.165, 1.54) is 22.7 Å². The molecule has 1 fully saturated rings. The summed E-state index contributed by atoms with van der Waals surface area (Å²) in [5.74, 6) is -1.04. The van der Waals surface area contributed by atoms with E-state index in [4.69, 9.17) is 4.74 Å². The summed E-state index contributed by atoms with van der Waals surface area (Å²) in [6.07, 6.45) is 1.74. The number of carboxylic acid groups (broad SMARTS) is 1. The van der Waals surface area contributed by atoms with Gasteiger partial charge < -0.3 is 15.2 Å². The van der Waals surface area contributed by atoms with E-state index in [0.29, 0.717) is 37.2 Å². The molecule has 10 heteroatoms. The maximum absolute atomic E-state index is 12.8. The molecule has 0 saturated carbocycles. The van der Waals surface area contributed by atoms with Gasteiger partial charge >= 0.3 is 5.97 Å². The largest absolute Gasteiger partial charge is 0.483 e. The van der Waals surface area contributed by atoms with Gasteiger partial charge in [-0.25, -0.2) is 9.79 Å². The summed E-state index contributed by atoms with van der Waals surface area (Å²) in [7, 11) is 1.62. The Labute approximate surface area is 226 Å². The van der Waals surface area contributed by atoms with Crippen molar-refractivity contribution in [3.05, 3.63) is 92.8 Å². The number of amidine groups is 1. The third-order valence-corrected chi connectivity index (χ3v) is 7.11. The fraction of sp³-hybridized carbons (Fsp3) is 0.111. The summed E-state index contributed by atoms with van der Waals surface area (Å²) in [6.45, 7) is 1.53. The number of likely N-dealkylation sites (N-methyl/N-ethyl adjacent to an activating group) is 1. The number of halogens is 1. The molecule has 1 saturated heterocycles. The lowest BCUT2D eigenvalue weighted by atomic mass is 10.1. The van der Waals surface area contributed by atoms with Gasteiger partial charge in [-0.3, -0.25) is 14.5 Å². The van der Waals surface area contributed by atoms with Gasteiger partial charge in [0.25, 0.3) is 11.8 Å². The van der Waals surface area contributed by atoms with E-state index >= 15 is 0 Å². The van der Waals surface area contributed by atoms with Crippen molar-refractivity contribution in [2.75, 3.05) is 19.0 Å². The molecule has 0 radical (unpaired) electrons. The molecule has 0 spiro atoms. The first kappa shape index (κ1) is 26.2. The molecule has 3 aromatic rings. The van der Waals surface area contributed by atoms with Gasteiger partial charge in [0.1, 0.15) is 5.75 Å². The van der Waals surface area contributed by atoms with Gasteiger partial charge in [0.2, 0.25) is 0 Å². The molecule has 0 aliphatic carbocycles. The Morgan fingerprint density at radius 3 is 2.59 bits per heavy atom. The number of hydrogen-bond donors (Lipinski definition) is 2. The van der Waals surface area contributed by atoms with Crippen molar-refractivity contribution < 1.29 is 24.2 Å². The van der Waals surface area contributed by atoms with E-state index in [-0.39, 0.29) is 24.0 Å². The Hall–Kier alpha value is -3.89. The zero-order valence-electron chi connectivity index (χ0n) is 19.9. The molecule has 0 unspecified atom stereocenters. The van der Waals surface area contributed by atoms with Crippen LogP contribution in [0.25, 0.3) is 6.08 Å². The minimum Gasteiger partial charge on any atom is -0.483 e. The number of anilines is 1. The van der Waals surface area contributed by atoms with Gasteiger partial charge in [0, 0.05) is 12.7 Å². The van der Waals surface area contributed by atoms with Crippen LogP contribution in [0.2, 0.25) is 0 Å². The van der Waals surface area contributed by atoms with Crippen molar-refractivity contribution in [2.45, 2.75) is 6.92 Å². The predicted molar refractivity (Wildman–Crippen MR) is 148 cm³/mol. The Balaban J connectivity index is 1.46. The van der Waals surface area contributed by atoms with E-state index in [2.05, 4.69) is 26.2 Å². The smallest absolute Gasteiger partial charge is 0.336 e. The standard InChI is InChI=1S/C27H22BrN3O5S/c1-16-19(26(34)35)9-6-10-21(16)30-27-31(2)25(33)23(37-27)14-17-11-12-22(20(28)13-17)36-15-24(32)29-18-7-4-3-5-8-18/h3-14H,15H2,1-2H3,(H,29,32)(H,34,35)/b23-14-,30-27?. The van der Waals surface area contributed by atoms with Crippen LogP contribution in [0.4, 0.5) is 11.4 Å². The molecular weight excluding hydrogens is 558 g/mol. The molecule has 1 heterocycles. The molecule has 0 aromatic heterocycles. The topological polar surface area (TPSA) is 108 Å². The minimum absolute atomic E-state index is 0.157. The number of ether oxygens (including phenoxy) is 1. The van der Waals surface area contributed by atoms with Gasteiger partial charge in [-0.05, 0) is 88.2 Å². The molecule has 8 nitrogen and oxygen atoms in total. The van der Waals surface area contributed by atoms with Crippen LogP contribution in [0.1, 0.15) is 21.5 Å². The highest BCUT2D eigenvalue weighted by Gasteiger charge is 2.30. The Morgan fingerprint density at radius 1 is 1.14 bits per heavy atom. The molecule has 3 aromatic carbocycles. The zero-order chi connectivity index (χ0) is 26.5. The highest BCUT2D eigenvalue weighted by atomic mass is 79.9. The summed E-state index contributed by atoms with van der Waals surface area (Å²) in [4.78, 5) is 42.8. The second-order valence-electron chi connectivity index (χ2n) is 8.02. The molecule has 2 amide bonds. The van der Waals surface area contributed by atoms with Gasteiger partial charge in [0.15, 0.2) is 11.8 Å². The average molecular weight is 580 g/mol. The quantitative estimate of drug-likeness (QED) is 0.347. The van der Waals surface area contributed by atoms with Gasteiger partial charge in [-0.15, -0.1) is 0 Å². The molecule has 4 rings (SSSR count). The van der Waals surface area contributed by atoms with Crippen LogP contribution in [0.5, 0.6) is 5.75 Å². The maximum atomic E-state index is 12.8. The number of para-hydroxylation sites is 1. The number of nitrogens with zero attached hydrogens (tertiary/aromatic N) is 2. The molecule has 188 valence electrons. The van der Waals surface area contributed by atoms with Gasteiger partial charge in [-0.2, -0.15) is 0 Å². The van der Waals surface area contributed by atoms with Gasteiger partial charge in [0.05, 0.1) is 20.6 Å². The number of nitrogens with one attached hydrogen (secondary N) is 1. The molecule has 1 aliphatic heterocycles. The first-order chi connectivity index (χ1) is 17.7. The van der Waals surface area contributed by atoms with Crippen molar-refractivity contribution in [3.63, 3.8) is 0 Å². The number of carbonyl (C=O) groups is 3. The fourth-order valence-electron chi connectivity index (χ4n) is 3.47. The van der Waals surface area contributed by atoms with E-state index in [9.17, 15) is 19.5 Å². The lowest BCUT2D eigenvalue weighted by Gasteiger charge is -2.10. The number of rotatable bonds is 7. The summed E-state index contributed by atoms with van der Waals surface area (Å²) >= 11 is 4.67. The first-order valence-corrected chi connectivity index (χ1v) is 12.7. The van der Waals surface area contributed by atoms with Crippen molar-refractivity contribution in [1.82, 2.24) is 4.90 Å². The van der Waals surface area contributed by atoms with Crippen LogP contribution >= 0.6 is 27.7 Å². The summed E-state index contributed by atoms with van der Waals surface area (Å²) in [6, 6.07) is 19.3. The average Bonchev–Trinajstić information content (AvgIpc) is 3.13. The lowest BCUT2D eigenvalue weighted by Crippen LogP contribution is -2.23. The lowest BCUT2D eigenvalue weighted by molar-refractivity contribution is -0.121. The normalized spacial score (nSPS) is 15.3. The van der Waals surface area contributed by atoms with Crippen LogP contribution < -0.4 is 10.1 Å². The number of amides is 2. The van der Waals surface area contributed by atoms with Crippen LogP contribution in [-0.4, -0.2) is 46.6 Å². The Morgan fingerprint density at radius 2 is 1.89 bits per heavy atom. The van der Waals surface area contributed by atoms with E-state index < -0.39 is 5.97 Å². The highest BCUT2D eigenvalue weighted by Crippen LogP contribution is 2.35. The fourth-order valence-corrected chi connectivity index (χ4v) is 4.96. The van der Waals surface area contributed by atoms with E-state index in [1.807, 2.05) is 18.2 Å². The molecule has 37 heavy (non-hydrogen) atoms. The molecule has 0 bridgehead atoms. The number of carboxylic acids is 1. The third-order valence-electron chi connectivity index (χ3n) is 5.43. The highest BCUT2D eigenvalue weighted by molar-refractivity contribution is 9.10. The van der Waals surface area contributed by atoms with Crippen molar-refractivity contribution >= 4 is 68.1 Å². The van der Waals surface area contributed by atoms with Crippen LogP contribution in [0.3, 0.4) is 0 Å². The molecule has 1 aliphatic rings. The molecule has 2 N–H and O–H groups in total.